The first kappa shape index (κ1) is 9.05. The van der Waals surface area contributed by atoms with E-state index < -0.39 is 5.91 Å². The van der Waals surface area contributed by atoms with Crippen LogP contribution in [-0.2, 0) is 0 Å². The number of benzene rings is 1. The summed E-state index contributed by atoms with van der Waals surface area (Å²) in [5.74, 6) is 4.50. The van der Waals surface area contributed by atoms with Gasteiger partial charge in [-0.3, -0.25) is 10.2 Å². The summed E-state index contributed by atoms with van der Waals surface area (Å²) >= 11 is 0. The van der Waals surface area contributed by atoms with E-state index >= 15 is 0 Å². The molecule has 0 fully saturated rings. The molecule has 0 spiro atoms. The molecule has 1 amide bonds. The predicted molar refractivity (Wildman–Crippen MR) is 46.9 cm³/mol. The number of nitrogens with zero attached hydrogens (tertiary/aromatic N) is 3. The summed E-state index contributed by atoms with van der Waals surface area (Å²) in [5.41, 5.74) is 10.8. The number of rotatable bonds is 2. The number of hydrogen-bond donors (Lipinski definition) is 2. The monoisotopic (exact) mass is 177 g/mol. The highest BCUT2D eigenvalue weighted by Crippen LogP contribution is 2.13. The van der Waals surface area contributed by atoms with Crippen LogP contribution in [0.15, 0.2) is 29.4 Å². The fourth-order valence-corrected chi connectivity index (χ4v) is 0.844. The van der Waals surface area contributed by atoms with E-state index in [0.717, 1.165) is 0 Å². The molecule has 0 atom stereocenters. The molecule has 0 aliphatic heterocycles. The standard InChI is InChI=1S/C7H7N5O/c8-10-7(13)5-2-1-3-6(4-5)11-12-9/h1-4H,8H2,(H,10,13). The summed E-state index contributed by atoms with van der Waals surface area (Å²) in [6, 6.07) is 6.21. The zero-order chi connectivity index (χ0) is 9.68. The fourth-order valence-electron chi connectivity index (χ4n) is 0.844. The van der Waals surface area contributed by atoms with E-state index in [1.54, 1.807) is 18.2 Å². The SMILES string of the molecule is [N-]=[N+]=Nc1cccc(C(=O)NN)c1. The Morgan fingerprint density at radius 3 is 3.00 bits per heavy atom. The highest BCUT2D eigenvalue weighted by molar-refractivity contribution is 5.94. The minimum atomic E-state index is -0.421. The van der Waals surface area contributed by atoms with Crippen LogP contribution in [0.1, 0.15) is 10.4 Å². The summed E-state index contributed by atoms with van der Waals surface area (Å²) in [6.45, 7) is 0. The summed E-state index contributed by atoms with van der Waals surface area (Å²) in [6.07, 6.45) is 0. The second-order valence-corrected chi connectivity index (χ2v) is 2.21. The van der Waals surface area contributed by atoms with E-state index in [2.05, 4.69) is 10.0 Å². The molecule has 0 aliphatic carbocycles. The Balaban J connectivity index is 3.04. The molecular weight excluding hydrogens is 170 g/mol. The third kappa shape index (κ3) is 2.19. The summed E-state index contributed by atoms with van der Waals surface area (Å²) in [5, 5.41) is 3.34. The molecule has 13 heavy (non-hydrogen) atoms. The van der Waals surface area contributed by atoms with Crippen molar-refractivity contribution in [1.82, 2.24) is 5.43 Å². The number of nitrogens with two attached hydrogens (primary N) is 1. The lowest BCUT2D eigenvalue weighted by atomic mass is 10.2. The van der Waals surface area contributed by atoms with Gasteiger partial charge in [-0.25, -0.2) is 5.84 Å². The minimum Gasteiger partial charge on any atom is -0.290 e. The maximum atomic E-state index is 11.0. The van der Waals surface area contributed by atoms with Crippen molar-refractivity contribution >= 4 is 11.6 Å². The highest BCUT2D eigenvalue weighted by atomic mass is 16.2. The lowest BCUT2D eigenvalue weighted by molar-refractivity contribution is 0.0953. The molecule has 1 aromatic rings. The minimum absolute atomic E-state index is 0.354. The Hall–Kier alpha value is -2.04. The molecule has 0 saturated carbocycles. The van der Waals surface area contributed by atoms with Crippen LogP contribution in [-0.4, -0.2) is 5.91 Å². The molecule has 66 valence electrons. The molecule has 0 saturated heterocycles. The van der Waals surface area contributed by atoms with Crippen LogP contribution in [0.25, 0.3) is 10.4 Å². The molecule has 0 aromatic heterocycles. The molecule has 1 aromatic carbocycles. The van der Waals surface area contributed by atoms with E-state index in [-0.39, 0.29) is 0 Å². The van der Waals surface area contributed by atoms with Crippen molar-refractivity contribution in [3.8, 4) is 0 Å². The molecule has 0 bridgehead atoms. The van der Waals surface area contributed by atoms with Crippen LogP contribution >= 0.6 is 0 Å². The predicted octanol–water partition coefficient (Wildman–Crippen LogP) is 1.23. The lowest BCUT2D eigenvalue weighted by Gasteiger charge is -1.98. The quantitative estimate of drug-likeness (QED) is 0.177. The van der Waals surface area contributed by atoms with Crippen LogP contribution < -0.4 is 11.3 Å². The summed E-state index contributed by atoms with van der Waals surface area (Å²) in [7, 11) is 0. The van der Waals surface area contributed by atoms with Crippen molar-refractivity contribution in [3.05, 3.63) is 40.3 Å². The molecular formula is C7H7N5O. The van der Waals surface area contributed by atoms with Crippen LogP contribution in [0.3, 0.4) is 0 Å². The average molecular weight is 177 g/mol. The van der Waals surface area contributed by atoms with Gasteiger partial charge in [0.15, 0.2) is 0 Å². The van der Waals surface area contributed by atoms with Gasteiger partial charge >= 0.3 is 0 Å². The molecule has 6 heteroatoms. The number of azide groups is 1. The zero-order valence-corrected chi connectivity index (χ0v) is 6.64. The van der Waals surface area contributed by atoms with Gasteiger partial charge in [-0.15, -0.1) is 0 Å². The number of amides is 1. The van der Waals surface area contributed by atoms with E-state index in [9.17, 15) is 4.79 Å². The third-order valence-corrected chi connectivity index (χ3v) is 1.40. The number of hydrazine groups is 1. The number of carbonyl (C=O) groups is 1. The first-order valence-corrected chi connectivity index (χ1v) is 3.44. The molecule has 0 radical (unpaired) electrons. The smallest absolute Gasteiger partial charge is 0.265 e. The van der Waals surface area contributed by atoms with E-state index in [0.29, 0.717) is 11.3 Å². The largest absolute Gasteiger partial charge is 0.290 e. The van der Waals surface area contributed by atoms with E-state index in [1.807, 2.05) is 5.43 Å². The topological polar surface area (TPSA) is 104 Å². The van der Waals surface area contributed by atoms with Gasteiger partial charge in [0.1, 0.15) is 0 Å². The lowest BCUT2D eigenvalue weighted by Crippen LogP contribution is -2.29. The van der Waals surface area contributed by atoms with Crippen LogP contribution in [0, 0.1) is 0 Å². The van der Waals surface area contributed by atoms with Gasteiger partial charge in [0.25, 0.3) is 5.91 Å². The van der Waals surface area contributed by atoms with Gasteiger partial charge in [-0.2, -0.15) is 0 Å². The summed E-state index contributed by atoms with van der Waals surface area (Å²) in [4.78, 5) is 13.6. The van der Waals surface area contributed by atoms with Gasteiger partial charge in [-0.1, -0.05) is 17.2 Å². The van der Waals surface area contributed by atoms with Gasteiger partial charge in [0, 0.05) is 16.2 Å². The zero-order valence-electron chi connectivity index (χ0n) is 6.64. The Labute approximate surface area is 74.0 Å². The Morgan fingerprint density at radius 2 is 2.38 bits per heavy atom. The first-order valence-electron chi connectivity index (χ1n) is 3.44. The fraction of sp³-hybridized carbons (Fsp3) is 0. The first-order chi connectivity index (χ1) is 6.27. The normalized spacial score (nSPS) is 8.69. The molecule has 0 aliphatic rings. The van der Waals surface area contributed by atoms with Crippen molar-refractivity contribution in [2.45, 2.75) is 0 Å². The number of carbonyl (C=O) groups excluding carboxylic acids is 1. The van der Waals surface area contributed by atoms with Crippen molar-refractivity contribution < 1.29 is 4.79 Å². The highest BCUT2D eigenvalue weighted by Gasteiger charge is 2.02. The molecule has 0 unspecified atom stereocenters. The van der Waals surface area contributed by atoms with Gasteiger partial charge < -0.3 is 0 Å². The van der Waals surface area contributed by atoms with Crippen molar-refractivity contribution in [2.75, 3.05) is 0 Å². The van der Waals surface area contributed by atoms with Gasteiger partial charge in [0.2, 0.25) is 0 Å². The number of hydrogen-bond acceptors (Lipinski definition) is 3. The van der Waals surface area contributed by atoms with Crippen molar-refractivity contribution in [3.63, 3.8) is 0 Å². The third-order valence-electron chi connectivity index (χ3n) is 1.40. The molecule has 3 N–H and O–H groups in total. The van der Waals surface area contributed by atoms with Crippen molar-refractivity contribution in [1.29, 1.82) is 0 Å². The molecule has 1 rings (SSSR count). The van der Waals surface area contributed by atoms with Crippen LogP contribution in [0.5, 0.6) is 0 Å². The van der Waals surface area contributed by atoms with Crippen LogP contribution in [0.4, 0.5) is 5.69 Å². The van der Waals surface area contributed by atoms with Crippen LogP contribution in [0.2, 0.25) is 0 Å². The second-order valence-electron chi connectivity index (χ2n) is 2.21. The molecule has 0 heterocycles. The van der Waals surface area contributed by atoms with Crippen molar-refractivity contribution in [2.24, 2.45) is 11.0 Å². The summed E-state index contributed by atoms with van der Waals surface area (Å²) < 4.78 is 0. The van der Waals surface area contributed by atoms with Gasteiger partial charge in [-0.05, 0) is 17.7 Å². The second kappa shape index (κ2) is 4.10. The average Bonchev–Trinajstić information content (AvgIpc) is 2.18. The number of nitrogen functional groups attached to an aromatic ring is 1. The Kier molecular flexibility index (Phi) is 2.86. The maximum absolute atomic E-state index is 11.0. The van der Waals surface area contributed by atoms with Gasteiger partial charge in [0.05, 0.1) is 0 Å². The Morgan fingerprint density at radius 1 is 1.62 bits per heavy atom. The van der Waals surface area contributed by atoms with E-state index in [1.165, 1.54) is 6.07 Å². The van der Waals surface area contributed by atoms with E-state index in [4.69, 9.17) is 11.4 Å². The molecule has 6 nitrogen and oxygen atoms in total. The number of nitrogens with one attached hydrogen (secondary N) is 1. The maximum Gasteiger partial charge on any atom is 0.265 e. The Bertz CT molecular complexity index is 369.